The summed E-state index contributed by atoms with van der Waals surface area (Å²) in [5.74, 6) is -0.159. The summed E-state index contributed by atoms with van der Waals surface area (Å²) in [6.07, 6.45) is 4.74. The van der Waals surface area contributed by atoms with Crippen LogP contribution >= 0.6 is 0 Å². The number of nitrogens with one attached hydrogen (secondary N) is 2. The second kappa shape index (κ2) is 7.16. The maximum Gasteiger partial charge on any atom is 0.251 e. The van der Waals surface area contributed by atoms with Gasteiger partial charge < -0.3 is 10.6 Å². The molecule has 2 aliphatic rings. The van der Waals surface area contributed by atoms with Gasteiger partial charge in [0.05, 0.1) is 0 Å². The highest BCUT2D eigenvalue weighted by Crippen LogP contribution is 2.27. The minimum atomic E-state index is -0.276. The standard InChI is InChI=1S/C20H29N3O2/c1-20(2,3)22-19(25)15-9-7-14(8-10-15)18(24)21-16-11-13-23-12-5-4-6-17(16)23/h7-10,16-17H,4-6,11-13H2,1-3H3,(H,21,24)(H,22,25)/t16-,17+/m1/s1. The summed E-state index contributed by atoms with van der Waals surface area (Å²) in [7, 11) is 0. The van der Waals surface area contributed by atoms with Crippen molar-refractivity contribution >= 4 is 11.8 Å². The molecule has 136 valence electrons. The molecule has 0 aliphatic carbocycles. The van der Waals surface area contributed by atoms with Crippen LogP contribution in [0.5, 0.6) is 0 Å². The van der Waals surface area contributed by atoms with Crippen molar-refractivity contribution in [3.05, 3.63) is 35.4 Å². The van der Waals surface area contributed by atoms with Crippen LogP contribution < -0.4 is 10.6 Å². The number of carbonyl (C=O) groups excluding carboxylic acids is 2. The van der Waals surface area contributed by atoms with E-state index in [1.165, 1.54) is 19.3 Å². The zero-order chi connectivity index (χ0) is 18.0. The van der Waals surface area contributed by atoms with Crippen LogP contribution in [-0.2, 0) is 0 Å². The molecule has 0 bridgehead atoms. The molecule has 5 nitrogen and oxygen atoms in total. The third-order valence-electron chi connectivity index (χ3n) is 5.07. The lowest BCUT2D eigenvalue weighted by molar-refractivity contribution is 0.0904. The van der Waals surface area contributed by atoms with Gasteiger partial charge in [-0.15, -0.1) is 0 Å². The summed E-state index contributed by atoms with van der Waals surface area (Å²) in [6.45, 7) is 8.09. The molecule has 25 heavy (non-hydrogen) atoms. The molecule has 0 saturated carbocycles. The van der Waals surface area contributed by atoms with Gasteiger partial charge in [-0.05, 0) is 70.8 Å². The fourth-order valence-electron chi connectivity index (χ4n) is 3.85. The zero-order valence-corrected chi connectivity index (χ0v) is 15.5. The second-order valence-corrected chi connectivity index (χ2v) is 8.25. The SMILES string of the molecule is CC(C)(C)NC(=O)c1ccc(C(=O)N[C@@H]2CCN3CCCC[C@@H]23)cc1. The van der Waals surface area contributed by atoms with Crippen molar-refractivity contribution in [1.29, 1.82) is 0 Å². The van der Waals surface area contributed by atoms with E-state index in [9.17, 15) is 9.59 Å². The summed E-state index contributed by atoms with van der Waals surface area (Å²) in [4.78, 5) is 27.2. The maximum atomic E-state index is 12.6. The van der Waals surface area contributed by atoms with E-state index in [0.29, 0.717) is 17.2 Å². The zero-order valence-electron chi connectivity index (χ0n) is 15.5. The Morgan fingerprint density at radius 2 is 1.60 bits per heavy atom. The molecule has 1 aromatic rings. The quantitative estimate of drug-likeness (QED) is 0.887. The maximum absolute atomic E-state index is 12.6. The van der Waals surface area contributed by atoms with Crippen LogP contribution in [0.4, 0.5) is 0 Å². The Morgan fingerprint density at radius 1 is 0.960 bits per heavy atom. The van der Waals surface area contributed by atoms with Gasteiger partial charge in [0.15, 0.2) is 0 Å². The molecule has 2 aliphatic heterocycles. The Bertz CT molecular complexity index is 633. The molecule has 0 aromatic heterocycles. The highest BCUT2D eigenvalue weighted by Gasteiger charge is 2.36. The van der Waals surface area contributed by atoms with E-state index in [0.717, 1.165) is 19.5 Å². The number of fused-ring (bicyclic) bond motifs is 1. The van der Waals surface area contributed by atoms with Gasteiger partial charge in [0.2, 0.25) is 0 Å². The van der Waals surface area contributed by atoms with Crippen molar-refractivity contribution in [2.75, 3.05) is 13.1 Å². The first-order chi connectivity index (χ1) is 11.8. The summed E-state index contributed by atoms with van der Waals surface area (Å²) in [5.41, 5.74) is 0.911. The molecule has 2 saturated heterocycles. The summed E-state index contributed by atoms with van der Waals surface area (Å²) in [6, 6.07) is 7.65. The Balaban J connectivity index is 1.60. The number of benzene rings is 1. The summed E-state index contributed by atoms with van der Waals surface area (Å²) >= 11 is 0. The highest BCUT2D eigenvalue weighted by atomic mass is 16.2. The number of rotatable bonds is 3. The van der Waals surface area contributed by atoms with Gasteiger partial charge in [0.25, 0.3) is 11.8 Å². The van der Waals surface area contributed by atoms with Gasteiger partial charge in [0.1, 0.15) is 0 Å². The molecule has 3 rings (SSSR count). The van der Waals surface area contributed by atoms with E-state index < -0.39 is 0 Å². The normalized spacial score (nSPS) is 23.8. The predicted octanol–water partition coefficient (Wildman–Crippen LogP) is 2.57. The van der Waals surface area contributed by atoms with Crippen LogP contribution in [-0.4, -0.2) is 47.4 Å². The third kappa shape index (κ3) is 4.40. The first kappa shape index (κ1) is 17.9. The summed E-state index contributed by atoms with van der Waals surface area (Å²) < 4.78 is 0. The number of amides is 2. The van der Waals surface area contributed by atoms with Crippen molar-refractivity contribution in [3.8, 4) is 0 Å². The number of nitrogens with zero attached hydrogens (tertiary/aromatic N) is 1. The summed E-state index contributed by atoms with van der Waals surface area (Å²) in [5, 5.41) is 6.13. The molecule has 2 atom stereocenters. The van der Waals surface area contributed by atoms with E-state index in [-0.39, 0.29) is 23.4 Å². The lowest BCUT2D eigenvalue weighted by atomic mass is 9.98. The first-order valence-corrected chi connectivity index (χ1v) is 9.31. The Labute approximate surface area is 150 Å². The van der Waals surface area contributed by atoms with Crippen molar-refractivity contribution in [2.45, 2.75) is 64.1 Å². The van der Waals surface area contributed by atoms with Gasteiger partial charge in [-0.2, -0.15) is 0 Å². The van der Waals surface area contributed by atoms with E-state index in [2.05, 4.69) is 15.5 Å². The molecular formula is C20H29N3O2. The van der Waals surface area contributed by atoms with Gasteiger partial charge in [0, 0.05) is 35.3 Å². The van der Waals surface area contributed by atoms with Gasteiger partial charge in [-0.3, -0.25) is 14.5 Å². The fraction of sp³-hybridized carbons (Fsp3) is 0.600. The van der Waals surface area contributed by atoms with Crippen molar-refractivity contribution in [3.63, 3.8) is 0 Å². The number of hydrogen-bond acceptors (Lipinski definition) is 3. The highest BCUT2D eigenvalue weighted by molar-refractivity contribution is 5.98. The van der Waals surface area contributed by atoms with Crippen LogP contribution in [0.2, 0.25) is 0 Å². The third-order valence-corrected chi connectivity index (χ3v) is 5.07. The van der Waals surface area contributed by atoms with Gasteiger partial charge >= 0.3 is 0 Å². The Morgan fingerprint density at radius 3 is 2.24 bits per heavy atom. The van der Waals surface area contributed by atoms with Gasteiger partial charge in [-0.1, -0.05) is 6.42 Å². The first-order valence-electron chi connectivity index (χ1n) is 9.31. The van der Waals surface area contributed by atoms with Crippen LogP contribution in [0.3, 0.4) is 0 Å². The van der Waals surface area contributed by atoms with E-state index in [4.69, 9.17) is 0 Å². The van der Waals surface area contributed by atoms with E-state index in [1.807, 2.05) is 20.8 Å². The van der Waals surface area contributed by atoms with E-state index >= 15 is 0 Å². The minimum absolute atomic E-state index is 0.0415. The van der Waals surface area contributed by atoms with Crippen molar-refractivity contribution in [2.24, 2.45) is 0 Å². The molecule has 0 spiro atoms. The van der Waals surface area contributed by atoms with Crippen LogP contribution in [0.15, 0.2) is 24.3 Å². The molecule has 1 aromatic carbocycles. The molecule has 0 unspecified atom stereocenters. The lowest BCUT2D eigenvalue weighted by Gasteiger charge is -2.32. The lowest BCUT2D eigenvalue weighted by Crippen LogP contribution is -2.46. The van der Waals surface area contributed by atoms with Gasteiger partial charge in [-0.25, -0.2) is 0 Å². The average Bonchev–Trinajstić information content (AvgIpc) is 2.96. The number of piperidine rings is 1. The van der Waals surface area contributed by atoms with Crippen LogP contribution in [0.25, 0.3) is 0 Å². The number of hydrogen-bond donors (Lipinski definition) is 2. The van der Waals surface area contributed by atoms with Crippen LogP contribution in [0.1, 0.15) is 67.2 Å². The molecule has 2 heterocycles. The Hall–Kier alpha value is -1.88. The second-order valence-electron chi connectivity index (χ2n) is 8.25. The minimum Gasteiger partial charge on any atom is -0.348 e. The topological polar surface area (TPSA) is 61.4 Å². The molecule has 2 N–H and O–H groups in total. The average molecular weight is 343 g/mol. The largest absolute Gasteiger partial charge is 0.348 e. The smallest absolute Gasteiger partial charge is 0.251 e. The van der Waals surface area contributed by atoms with Crippen molar-refractivity contribution in [1.82, 2.24) is 15.5 Å². The predicted molar refractivity (Wildman–Crippen MR) is 98.7 cm³/mol. The number of carbonyl (C=O) groups is 2. The van der Waals surface area contributed by atoms with E-state index in [1.54, 1.807) is 24.3 Å². The molecule has 5 heteroatoms. The fourth-order valence-corrected chi connectivity index (χ4v) is 3.85. The molecule has 0 radical (unpaired) electrons. The molecule has 2 amide bonds. The monoisotopic (exact) mass is 343 g/mol. The van der Waals surface area contributed by atoms with Crippen molar-refractivity contribution < 1.29 is 9.59 Å². The Kier molecular flexibility index (Phi) is 5.13. The van der Waals surface area contributed by atoms with Crippen LogP contribution in [0, 0.1) is 0 Å². The molecule has 2 fully saturated rings. The molecular weight excluding hydrogens is 314 g/mol.